The first-order valence-electron chi connectivity index (χ1n) is 11.0. The van der Waals surface area contributed by atoms with E-state index in [0.29, 0.717) is 18.8 Å². The SMILES string of the molecule is CCC1CCC(C2CCC(C#CC3CCC(C(F)(F)F)CC3)CC2)CC1. The van der Waals surface area contributed by atoms with Crippen molar-refractivity contribution in [2.24, 2.45) is 35.5 Å². The second kappa shape index (κ2) is 9.03. The highest BCUT2D eigenvalue weighted by Gasteiger charge is 2.41. The fraction of sp³-hybridized carbons (Fsp3) is 0.913. The molecule has 3 aliphatic carbocycles. The fourth-order valence-corrected chi connectivity index (χ4v) is 5.60. The predicted molar refractivity (Wildman–Crippen MR) is 100 cm³/mol. The molecule has 0 unspecified atom stereocenters. The first-order chi connectivity index (χ1) is 12.5. The number of rotatable bonds is 2. The highest BCUT2D eigenvalue weighted by Crippen LogP contribution is 2.42. The van der Waals surface area contributed by atoms with Gasteiger partial charge in [0.15, 0.2) is 0 Å². The first-order valence-corrected chi connectivity index (χ1v) is 11.0. The molecule has 0 saturated heterocycles. The molecule has 0 nitrogen and oxygen atoms in total. The van der Waals surface area contributed by atoms with Crippen molar-refractivity contribution in [3.8, 4) is 11.8 Å². The standard InChI is InChI=1S/C23H35F3/c1-2-17-5-11-20(12-6-17)21-13-7-18(8-14-21)3-4-19-9-15-22(16-10-19)23(24,25)26/h17-22H,2,5-16H2,1H3. The van der Waals surface area contributed by atoms with Gasteiger partial charge >= 0.3 is 6.18 Å². The van der Waals surface area contributed by atoms with E-state index in [-0.39, 0.29) is 18.8 Å². The highest BCUT2D eigenvalue weighted by atomic mass is 19.4. The van der Waals surface area contributed by atoms with Gasteiger partial charge in [-0.2, -0.15) is 13.2 Å². The fourth-order valence-electron chi connectivity index (χ4n) is 5.60. The molecule has 0 aromatic rings. The molecule has 3 heteroatoms. The van der Waals surface area contributed by atoms with Crippen molar-refractivity contribution in [3.63, 3.8) is 0 Å². The van der Waals surface area contributed by atoms with Crippen LogP contribution in [0.15, 0.2) is 0 Å². The van der Waals surface area contributed by atoms with Crippen LogP contribution in [0.3, 0.4) is 0 Å². The van der Waals surface area contributed by atoms with Crippen molar-refractivity contribution in [2.45, 2.75) is 96.6 Å². The van der Waals surface area contributed by atoms with Crippen molar-refractivity contribution < 1.29 is 13.2 Å². The molecule has 0 heterocycles. The van der Waals surface area contributed by atoms with Crippen LogP contribution in [0.2, 0.25) is 0 Å². The molecule has 3 fully saturated rings. The van der Waals surface area contributed by atoms with Gasteiger partial charge in [0.1, 0.15) is 0 Å². The maximum atomic E-state index is 12.7. The summed E-state index contributed by atoms with van der Waals surface area (Å²) >= 11 is 0. The van der Waals surface area contributed by atoms with Crippen LogP contribution >= 0.6 is 0 Å². The third kappa shape index (κ3) is 5.43. The van der Waals surface area contributed by atoms with E-state index >= 15 is 0 Å². The van der Waals surface area contributed by atoms with Gasteiger partial charge < -0.3 is 0 Å². The molecule has 3 saturated carbocycles. The lowest BCUT2D eigenvalue weighted by atomic mass is 9.69. The molecule has 0 amide bonds. The molecule has 0 aliphatic heterocycles. The molecule has 0 aromatic heterocycles. The van der Waals surface area contributed by atoms with Crippen LogP contribution < -0.4 is 0 Å². The maximum Gasteiger partial charge on any atom is 0.391 e. The van der Waals surface area contributed by atoms with E-state index in [4.69, 9.17) is 0 Å². The number of alkyl halides is 3. The second-order valence-electron chi connectivity index (χ2n) is 9.18. The van der Waals surface area contributed by atoms with Crippen molar-refractivity contribution in [1.29, 1.82) is 0 Å². The Kier molecular flexibility index (Phi) is 6.98. The van der Waals surface area contributed by atoms with Gasteiger partial charge in [-0.1, -0.05) is 38.0 Å². The van der Waals surface area contributed by atoms with E-state index in [0.717, 1.165) is 17.8 Å². The first kappa shape index (κ1) is 20.1. The number of halogens is 3. The molecule has 0 bridgehead atoms. The van der Waals surface area contributed by atoms with E-state index in [1.54, 1.807) is 0 Å². The minimum atomic E-state index is -4.01. The van der Waals surface area contributed by atoms with Crippen LogP contribution in [-0.2, 0) is 0 Å². The van der Waals surface area contributed by atoms with E-state index in [1.165, 1.54) is 57.8 Å². The topological polar surface area (TPSA) is 0 Å². The third-order valence-corrected chi connectivity index (χ3v) is 7.59. The van der Waals surface area contributed by atoms with Crippen LogP contribution in [0.5, 0.6) is 0 Å². The Morgan fingerprint density at radius 1 is 0.654 bits per heavy atom. The summed E-state index contributed by atoms with van der Waals surface area (Å²) in [7, 11) is 0. The lowest BCUT2D eigenvalue weighted by Crippen LogP contribution is -2.27. The third-order valence-electron chi connectivity index (χ3n) is 7.59. The van der Waals surface area contributed by atoms with Crippen LogP contribution in [0, 0.1) is 47.3 Å². The zero-order valence-electron chi connectivity index (χ0n) is 16.3. The van der Waals surface area contributed by atoms with Gasteiger partial charge in [0.2, 0.25) is 0 Å². The Morgan fingerprint density at radius 2 is 1.08 bits per heavy atom. The second-order valence-corrected chi connectivity index (χ2v) is 9.18. The molecule has 0 atom stereocenters. The van der Waals surface area contributed by atoms with Crippen molar-refractivity contribution in [3.05, 3.63) is 0 Å². The average molecular weight is 369 g/mol. The van der Waals surface area contributed by atoms with Crippen molar-refractivity contribution >= 4 is 0 Å². The Labute approximate surface area is 157 Å². The largest absolute Gasteiger partial charge is 0.391 e. The monoisotopic (exact) mass is 368 g/mol. The summed E-state index contributed by atoms with van der Waals surface area (Å²) in [4.78, 5) is 0. The zero-order valence-corrected chi connectivity index (χ0v) is 16.3. The maximum absolute atomic E-state index is 12.7. The van der Waals surface area contributed by atoms with Crippen LogP contribution in [0.4, 0.5) is 13.2 Å². The molecular weight excluding hydrogens is 333 g/mol. The number of hydrogen-bond acceptors (Lipinski definition) is 0. The van der Waals surface area contributed by atoms with E-state index < -0.39 is 12.1 Å². The molecule has 148 valence electrons. The normalized spacial score (nSPS) is 39.1. The summed E-state index contributed by atoms with van der Waals surface area (Å²) in [5.41, 5.74) is 0. The molecule has 3 aliphatic rings. The van der Waals surface area contributed by atoms with E-state index in [2.05, 4.69) is 18.8 Å². The Hall–Kier alpha value is -0.650. The smallest absolute Gasteiger partial charge is 0.171 e. The Morgan fingerprint density at radius 3 is 1.50 bits per heavy atom. The van der Waals surface area contributed by atoms with Gasteiger partial charge in [0, 0.05) is 11.8 Å². The van der Waals surface area contributed by atoms with Gasteiger partial charge in [0.05, 0.1) is 5.92 Å². The Balaban J connectivity index is 1.38. The van der Waals surface area contributed by atoms with Crippen LogP contribution in [0.25, 0.3) is 0 Å². The van der Waals surface area contributed by atoms with Gasteiger partial charge in [-0.25, -0.2) is 0 Å². The lowest BCUT2D eigenvalue weighted by Gasteiger charge is -2.37. The average Bonchev–Trinajstić information content (AvgIpc) is 2.66. The lowest BCUT2D eigenvalue weighted by molar-refractivity contribution is -0.182. The Bertz CT molecular complexity index is 474. The molecule has 0 aromatic carbocycles. The molecule has 3 rings (SSSR count). The van der Waals surface area contributed by atoms with Crippen LogP contribution in [-0.4, -0.2) is 6.18 Å². The summed E-state index contributed by atoms with van der Waals surface area (Å²) in [6, 6.07) is 0. The van der Waals surface area contributed by atoms with Gasteiger partial charge in [0.25, 0.3) is 0 Å². The number of hydrogen-bond donors (Lipinski definition) is 0. The highest BCUT2D eigenvalue weighted by molar-refractivity contribution is 5.09. The molecule has 26 heavy (non-hydrogen) atoms. The van der Waals surface area contributed by atoms with E-state index in [1.807, 2.05) is 0 Å². The molecule has 0 N–H and O–H groups in total. The summed E-state index contributed by atoms with van der Waals surface area (Å²) in [6.45, 7) is 2.32. The summed E-state index contributed by atoms with van der Waals surface area (Å²) in [6.07, 6.45) is 9.95. The summed E-state index contributed by atoms with van der Waals surface area (Å²) in [5, 5.41) is 0. The van der Waals surface area contributed by atoms with Gasteiger partial charge in [-0.3, -0.25) is 0 Å². The van der Waals surface area contributed by atoms with Crippen molar-refractivity contribution in [1.82, 2.24) is 0 Å². The van der Waals surface area contributed by atoms with Crippen LogP contribution in [0.1, 0.15) is 90.4 Å². The molecule has 0 spiro atoms. The quantitative estimate of drug-likeness (QED) is 0.446. The van der Waals surface area contributed by atoms with E-state index in [9.17, 15) is 13.2 Å². The summed E-state index contributed by atoms with van der Waals surface area (Å²) < 4.78 is 38.2. The molecular formula is C23H35F3. The van der Waals surface area contributed by atoms with Crippen molar-refractivity contribution in [2.75, 3.05) is 0 Å². The van der Waals surface area contributed by atoms with Gasteiger partial charge in [-0.15, -0.1) is 0 Å². The minimum Gasteiger partial charge on any atom is -0.171 e. The van der Waals surface area contributed by atoms with Gasteiger partial charge in [-0.05, 0) is 82.0 Å². The molecule has 0 radical (unpaired) electrons. The summed E-state index contributed by atoms with van der Waals surface area (Å²) in [5.74, 6) is 9.26. The minimum absolute atomic E-state index is 0.204. The predicted octanol–water partition coefficient (Wildman–Crippen LogP) is 7.38. The zero-order chi connectivity index (χ0) is 18.6.